The molecule has 1 aliphatic carbocycles. The standard InChI is InChI=1S/C9H10F3NOS/c1-13-15-8-4-2-3-7(5-6-8)14-9(10,11)12/h2,4-6,13H,3H2,1H3. The van der Waals surface area contributed by atoms with Crippen LogP contribution in [0, 0.1) is 0 Å². The number of allylic oxidation sites excluding steroid dienone is 4. The maximum atomic E-state index is 11.9. The lowest BCUT2D eigenvalue weighted by Crippen LogP contribution is -2.12. The molecule has 0 saturated heterocycles. The molecule has 0 aromatic carbocycles. The fourth-order valence-electron chi connectivity index (χ4n) is 1.00. The molecule has 0 heterocycles. The van der Waals surface area contributed by atoms with Gasteiger partial charge in [0.15, 0.2) is 0 Å². The monoisotopic (exact) mass is 237 g/mol. The Hall–Kier alpha value is -0.880. The molecule has 1 aliphatic rings. The summed E-state index contributed by atoms with van der Waals surface area (Å²) in [6, 6.07) is 0. The van der Waals surface area contributed by atoms with Crippen LogP contribution in [0.4, 0.5) is 13.2 Å². The second-order valence-electron chi connectivity index (χ2n) is 2.66. The van der Waals surface area contributed by atoms with Crippen LogP contribution >= 0.6 is 11.9 Å². The molecule has 0 atom stereocenters. The second-order valence-corrected chi connectivity index (χ2v) is 3.75. The molecule has 2 nitrogen and oxygen atoms in total. The largest absolute Gasteiger partial charge is 0.572 e. The Morgan fingerprint density at radius 1 is 1.40 bits per heavy atom. The molecule has 0 spiro atoms. The van der Waals surface area contributed by atoms with E-state index in [0.717, 1.165) is 4.91 Å². The van der Waals surface area contributed by atoms with E-state index in [1.165, 1.54) is 18.0 Å². The summed E-state index contributed by atoms with van der Waals surface area (Å²) in [5.74, 6) is -0.106. The first-order valence-electron chi connectivity index (χ1n) is 4.18. The maximum Gasteiger partial charge on any atom is 0.572 e. The number of halogens is 3. The molecule has 0 saturated carbocycles. The number of rotatable bonds is 3. The molecular weight excluding hydrogens is 227 g/mol. The zero-order valence-electron chi connectivity index (χ0n) is 7.97. The minimum absolute atomic E-state index is 0.106. The first kappa shape index (κ1) is 12.2. The first-order valence-corrected chi connectivity index (χ1v) is 4.99. The molecule has 0 fully saturated rings. The van der Waals surface area contributed by atoms with Crippen LogP contribution < -0.4 is 4.72 Å². The predicted octanol–water partition coefficient (Wildman–Crippen LogP) is 3.12. The van der Waals surface area contributed by atoms with Crippen LogP contribution in [0.3, 0.4) is 0 Å². The van der Waals surface area contributed by atoms with Crippen LogP contribution in [0.1, 0.15) is 6.42 Å². The van der Waals surface area contributed by atoms with Gasteiger partial charge in [-0.15, -0.1) is 13.2 Å². The van der Waals surface area contributed by atoms with Gasteiger partial charge in [0.2, 0.25) is 0 Å². The minimum atomic E-state index is -4.62. The number of nitrogens with one attached hydrogen (secondary N) is 1. The summed E-state index contributed by atoms with van der Waals surface area (Å²) >= 11 is 1.33. The molecule has 0 aromatic rings. The summed E-state index contributed by atoms with van der Waals surface area (Å²) in [6.45, 7) is 0. The highest BCUT2D eigenvalue weighted by atomic mass is 32.2. The fraction of sp³-hybridized carbons (Fsp3) is 0.333. The van der Waals surface area contributed by atoms with E-state index in [1.807, 2.05) is 0 Å². The van der Waals surface area contributed by atoms with Gasteiger partial charge in [-0.2, -0.15) is 0 Å². The van der Waals surface area contributed by atoms with Crippen LogP contribution in [0.15, 0.2) is 35.0 Å². The number of alkyl halides is 3. The summed E-state index contributed by atoms with van der Waals surface area (Å²) < 4.78 is 42.3. The van der Waals surface area contributed by atoms with Crippen molar-refractivity contribution in [2.45, 2.75) is 12.8 Å². The summed E-state index contributed by atoms with van der Waals surface area (Å²) in [4.78, 5) is 0.832. The summed E-state index contributed by atoms with van der Waals surface area (Å²) in [5.41, 5.74) is 0. The smallest absolute Gasteiger partial charge is 0.410 e. The molecule has 0 aromatic heterocycles. The van der Waals surface area contributed by atoms with Crippen LogP contribution in [-0.2, 0) is 4.74 Å². The summed E-state index contributed by atoms with van der Waals surface area (Å²) in [7, 11) is 1.74. The third kappa shape index (κ3) is 4.94. The lowest BCUT2D eigenvalue weighted by molar-refractivity contribution is -0.305. The highest BCUT2D eigenvalue weighted by Crippen LogP contribution is 2.25. The summed E-state index contributed by atoms with van der Waals surface area (Å²) in [5, 5.41) is 0. The van der Waals surface area contributed by atoms with Crippen molar-refractivity contribution in [3.63, 3.8) is 0 Å². The van der Waals surface area contributed by atoms with Crippen molar-refractivity contribution in [2.24, 2.45) is 0 Å². The third-order valence-corrected chi connectivity index (χ3v) is 2.21. The molecule has 0 unspecified atom stereocenters. The van der Waals surface area contributed by atoms with Gasteiger partial charge in [0.05, 0.1) is 0 Å². The van der Waals surface area contributed by atoms with Gasteiger partial charge in [-0.1, -0.05) is 12.2 Å². The van der Waals surface area contributed by atoms with E-state index in [4.69, 9.17) is 0 Å². The Morgan fingerprint density at radius 3 is 2.73 bits per heavy atom. The third-order valence-electron chi connectivity index (χ3n) is 1.50. The topological polar surface area (TPSA) is 21.3 Å². The quantitative estimate of drug-likeness (QED) is 0.762. The van der Waals surface area contributed by atoms with Gasteiger partial charge in [0.1, 0.15) is 5.76 Å². The molecule has 15 heavy (non-hydrogen) atoms. The van der Waals surface area contributed by atoms with E-state index in [9.17, 15) is 13.2 Å². The van der Waals surface area contributed by atoms with Gasteiger partial charge in [-0.25, -0.2) is 0 Å². The SMILES string of the molecule is CNSC1=CC=C(OC(F)(F)F)CC=C1. The molecule has 0 aliphatic heterocycles. The number of ether oxygens (including phenoxy) is 1. The molecule has 0 bridgehead atoms. The van der Waals surface area contributed by atoms with E-state index in [0.29, 0.717) is 0 Å². The van der Waals surface area contributed by atoms with Crippen LogP contribution in [0.5, 0.6) is 0 Å². The van der Waals surface area contributed by atoms with E-state index in [-0.39, 0.29) is 12.2 Å². The summed E-state index contributed by atoms with van der Waals surface area (Å²) in [6.07, 6.45) is 1.79. The molecule has 0 amide bonds. The van der Waals surface area contributed by atoms with Crippen molar-refractivity contribution in [3.05, 3.63) is 35.0 Å². The van der Waals surface area contributed by atoms with Gasteiger partial charge < -0.3 is 4.74 Å². The number of hydrogen-bond donors (Lipinski definition) is 1. The maximum absolute atomic E-state index is 11.9. The molecule has 1 rings (SSSR count). The average molecular weight is 237 g/mol. The van der Waals surface area contributed by atoms with Crippen molar-refractivity contribution in [2.75, 3.05) is 7.05 Å². The predicted molar refractivity (Wildman–Crippen MR) is 53.7 cm³/mol. The Morgan fingerprint density at radius 2 is 2.13 bits per heavy atom. The van der Waals surface area contributed by atoms with E-state index in [1.54, 1.807) is 25.3 Å². The molecule has 6 heteroatoms. The Balaban J connectivity index is 2.66. The molecule has 1 N–H and O–H groups in total. The van der Waals surface area contributed by atoms with Crippen molar-refractivity contribution in [1.29, 1.82) is 0 Å². The van der Waals surface area contributed by atoms with Gasteiger partial charge in [-0.05, 0) is 31.1 Å². The Labute approximate surface area is 90.0 Å². The van der Waals surface area contributed by atoms with Gasteiger partial charge in [0, 0.05) is 11.3 Å². The molecule has 0 radical (unpaired) electrons. The van der Waals surface area contributed by atoms with E-state index in [2.05, 4.69) is 9.46 Å². The van der Waals surface area contributed by atoms with Gasteiger partial charge in [-0.3, -0.25) is 4.72 Å². The van der Waals surface area contributed by atoms with Crippen LogP contribution in [0.25, 0.3) is 0 Å². The highest BCUT2D eigenvalue weighted by molar-refractivity contribution is 8.01. The van der Waals surface area contributed by atoms with Gasteiger partial charge >= 0.3 is 6.36 Å². The minimum Gasteiger partial charge on any atom is -0.410 e. The van der Waals surface area contributed by atoms with Gasteiger partial charge in [0.25, 0.3) is 0 Å². The van der Waals surface area contributed by atoms with Crippen molar-refractivity contribution < 1.29 is 17.9 Å². The fourth-order valence-corrected chi connectivity index (χ4v) is 1.54. The van der Waals surface area contributed by atoms with E-state index < -0.39 is 6.36 Å². The van der Waals surface area contributed by atoms with Crippen LogP contribution in [-0.4, -0.2) is 13.4 Å². The molecule has 84 valence electrons. The van der Waals surface area contributed by atoms with Crippen molar-refractivity contribution in [3.8, 4) is 0 Å². The van der Waals surface area contributed by atoms with Crippen molar-refractivity contribution in [1.82, 2.24) is 4.72 Å². The lowest BCUT2D eigenvalue weighted by atomic mass is 10.3. The zero-order valence-corrected chi connectivity index (χ0v) is 8.78. The average Bonchev–Trinajstić information content (AvgIpc) is 2.29. The first-order chi connectivity index (χ1) is 7.01. The zero-order chi connectivity index (χ0) is 11.3. The highest BCUT2D eigenvalue weighted by Gasteiger charge is 2.31. The van der Waals surface area contributed by atoms with E-state index >= 15 is 0 Å². The Kier molecular flexibility index (Phi) is 4.28. The van der Waals surface area contributed by atoms with Crippen LogP contribution in [0.2, 0.25) is 0 Å². The second kappa shape index (κ2) is 5.27. The Bertz CT molecular complexity index is 307. The number of hydrogen-bond acceptors (Lipinski definition) is 3. The molecular formula is C9H10F3NOS. The van der Waals surface area contributed by atoms with Crippen molar-refractivity contribution >= 4 is 11.9 Å². The lowest BCUT2D eigenvalue weighted by Gasteiger charge is -2.09. The normalized spacial score (nSPS) is 16.8.